The average molecular weight is 369 g/mol. The number of hydrogen-bond acceptors (Lipinski definition) is 5. The zero-order valence-electron chi connectivity index (χ0n) is 16.0. The molecule has 0 heterocycles. The molecule has 0 amide bonds. The number of ether oxygens (including phenoxy) is 1. The van der Waals surface area contributed by atoms with Crippen LogP contribution in [-0.4, -0.2) is 30.5 Å². The first-order valence-corrected chi connectivity index (χ1v) is 9.44. The van der Waals surface area contributed by atoms with Crippen molar-refractivity contribution in [3.63, 3.8) is 0 Å². The number of benzene rings is 2. The predicted molar refractivity (Wildman–Crippen MR) is 107 cm³/mol. The minimum absolute atomic E-state index is 0.0728. The fourth-order valence-electron chi connectivity index (χ4n) is 2.93. The lowest BCUT2D eigenvalue weighted by molar-refractivity contribution is -0.120. The minimum atomic E-state index is -0.384. The molecule has 2 aromatic rings. The van der Waals surface area contributed by atoms with E-state index < -0.39 is 0 Å². The first-order valence-electron chi connectivity index (χ1n) is 9.44. The number of unbranched alkanes of at least 4 members (excludes halogenated alkanes) is 2. The van der Waals surface area contributed by atoms with Crippen LogP contribution in [0.2, 0.25) is 0 Å². The quantitative estimate of drug-likeness (QED) is 0.464. The summed E-state index contributed by atoms with van der Waals surface area (Å²) in [6, 6.07) is 11.6. The molecule has 144 valence electrons. The SMILES string of the molecule is CCCCN(CCCC)c1ccc(C(=O)c2ccccc2OC=O)c(O)c1. The van der Waals surface area contributed by atoms with Gasteiger partial charge in [-0.05, 0) is 37.1 Å². The summed E-state index contributed by atoms with van der Waals surface area (Å²) in [5, 5.41) is 10.5. The van der Waals surface area contributed by atoms with E-state index in [2.05, 4.69) is 18.7 Å². The summed E-state index contributed by atoms with van der Waals surface area (Å²) in [6.45, 7) is 6.42. The lowest BCUT2D eigenvalue weighted by atomic mass is 10.0. The van der Waals surface area contributed by atoms with Crippen molar-refractivity contribution in [3.8, 4) is 11.5 Å². The highest BCUT2D eigenvalue weighted by Crippen LogP contribution is 2.29. The maximum Gasteiger partial charge on any atom is 0.298 e. The van der Waals surface area contributed by atoms with Gasteiger partial charge < -0.3 is 14.7 Å². The molecule has 0 bridgehead atoms. The van der Waals surface area contributed by atoms with Crippen LogP contribution in [0.1, 0.15) is 55.5 Å². The Bertz CT molecular complexity index is 765. The molecule has 2 rings (SSSR count). The van der Waals surface area contributed by atoms with Gasteiger partial charge in [-0.3, -0.25) is 9.59 Å². The molecule has 0 aliphatic heterocycles. The number of phenolic OH excluding ortho intramolecular Hbond substituents is 1. The topological polar surface area (TPSA) is 66.8 Å². The number of aromatic hydroxyl groups is 1. The molecular weight excluding hydrogens is 342 g/mol. The molecule has 0 aromatic heterocycles. The monoisotopic (exact) mass is 369 g/mol. The Morgan fingerprint density at radius 2 is 1.70 bits per heavy atom. The van der Waals surface area contributed by atoms with Crippen molar-refractivity contribution in [2.75, 3.05) is 18.0 Å². The molecule has 0 spiro atoms. The number of hydrogen-bond donors (Lipinski definition) is 1. The van der Waals surface area contributed by atoms with Crippen molar-refractivity contribution >= 4 is 17.9 Å². The fraction of sp³-hybridized carbons (Fsp3) is 0.364. The van der Waals surface area contributed by atoms with Crippen molar-refractivity contribution in [1.29, 1.82) is 0 Å². The Morgan fingerprint density at radius 3 is 2.30 bits per heavy atom. The standard InChI is InChI=1S/C22H27NO4/c1-3-5-13-23(14-6-4-2)17-11-12-18(20(25)15-17)22(26)19-9-7-8-10-21(19)27-16-24/h7-12,15-16,25H,3-6,13-14H2,1-2H3. The molecule has 0 saturated heterocycles. The second-order valence-corrected chi connectivity index (χ2v) is 6.43. The highest BCUT2D eigenvalue weighted by atomic mass is 16.5. The van der Waals surface area contributed by atoms with Gasteiger partial charge in [0.25, 0.3) is 6.47 Å². The molecule has 27 heavy (non-hydrogen) atoms. The van der Waals surface area contributed by atoms with Crippen LogP contribution in [0.4, 0.5) is 5.69 Å². The first-order chi connectivity index (χ1) is 13.1. The van der Waals surface area contributed by atoms with Crippen LogP contribution in [0.5, 0.6) is 11.5 Å². The second kappa shape index (κ2) is 10.4. The van der Waals surface area contributed by atoms with E-state index in [4.69, 9.17) is 4.74 Å². The van der Waals surface area contributed by atoms with Crippen molar-refractivity contribution in [2.45, 2.75) is 39.5 Å². The molecule has 0 saturated carbocycles. The second-order valence-electron chi connectivity index (χ2n) is 6.43. The van der Waals surface area contributed by atoms with E-state index in [1.807, 2.05) is 6.07 Å². The number of anilines is 1. The zero-order chi connectivity index (χ0) is 19.6. The van der Waals surface area contributed by atoms with Gasteiger partial charge in [0, 0.05) is 24.8 Å². The Morgan fingerprint density at radius 1 is 1.04 bits per heavy atom. The molecule has 0 atom stereocenters. The van der Waals surface area contributed by atoms with E-state index >= 15 is 0 Å². The molecular formula is C22H27NO4. The Labute approximate surface area is 160 Å². The smallest absolute Gasteiger partial charge is 0.298 e. The van der Waals surface area contributed by atoms with Crippen LogP contribution in [0.25, 0.3) is 0 Å². The van der Waals surface area contributed by atoms with Gasteiger partial charge in [-0.1, -0.05) is 38.8 Å². The van der Waals surface area contributed by atoms with E-state index in [0.29, 0.717) is 0 Å². The van der Waals surface area contributed by atoms with Crippen molar-refractivity contribution < 1.29 is 19.4 Å². The van der Waals surface area contributed by atoms with Crippen molar-refractivity contribution in [2.24, 2.45) is 0 Å². The largest absolute Gasteiger partial charge is 0.507 e. The molecule has 1 N–H and O–H groups in total. The Hall–Kier alpha value is -2.82. The molecule has 0 aliphatic rings. The van der Waals surface area contributed by atoms with E-state index in [1.54, 1.807) is 36.4 Å². The van der Waals surface area contributed by atoms with E-state index in [-0.39, 0.29) is 34.9 Å². The average Bonchev–Trinajstić information content (AvgIpc) is 2.68. The van der Waals surface area contributed by atoms with Crippen LogP contribution in [0.3, 0.4) is 0 Å². The van der Waals surface area contributed by atoms with Gasteiger partial charge >= 0.3 is 0 Å². The van der Waals surface area contributed by atoms with Gasteiger partial charge in [0.15, 0.2) is 5.78 Å². The number of carbonyl (C=O) groups is 2. The summed E-state index contributed by atoms with van der Waals surface area (Å²) in [5.41, 5.74) is 1.33. The molecule has 0 aliphatic carbocycles. The molecule has 5 heteroatoms. The van der Waals surface area contributed by atoms with Gasteiger partial charge in [0.05, 0.1) is 11.1 Å². The highest BCUT2D eigenvalue weighted by molar-refractivity contribution is 6.12. The molecule has 0 radical (unpaired) electrons. The van der Waals surface area contributed by atoms with Gasteiger partial charge in [-0.15, -0.1) is 0 Å². The lowest BCUT2D eigenvalue weighted by Crippen LogP contribution is -2.25. The third-order valence-electron chi connectivity index (χ3n) is 4.46. The molecule has 0 fully saturated rings. The minimum Gasteiger partial charge on any atom is -0.507 e. The highest BCUT2D eigenvalue weighted by Gasteiger charge is 2.19. The third-order valence-corrected chi connectivity index (χ3v) is 4.46. The van der Waals surface area contributed by atoms with Gasteiger partial charge in [-0.25, -0.2) is 0 Å². The normalized spacial score (nSPS) is 10.4. The van der Waals surface area contributed by atoms with Crippen molar-refractivity contribution in [1.82, 2.24) is 0 Å². The summed E-state index contributed by atoms with van der Waals surface area (Å²) in [7, 11) is 0. The molecule has 0 unspecified atom stereocenters. The molecule has 2 aromatic carbocycles. The first kappa shape index (κ1) is 20.5. The Balaban J connectivity index is 2.29. The van der Waals surface area contributed by atoms with Crippen LogP contribution >= 0.6 is 0 Å². The van der Waals surface area contributed by atoms with Crippen LogP contribution in [0, 0.1) is 0 Å². The van der Waals surface area contributed by atoms with Crippen molar-refractivity contribution in [3.05, 3.63) is 53.6 Å². The van der Waals surface area contributed by atoms with E-state index in [1.165, 1.54) is 0 Å². The summed E-state index contributed by atoms with van der Waals surface area (Å²) in [4.78, 5) is 25.7. The maximum absolute atomic E-state index is 12.8. The number of rotatable bonds is 11. The third kappa shape index (κ3) is 5.33. The number of phenols is 1. The summed E-state index contributed by atoms with van der Waals surface area (Å²) >= 11 is 0. The van der Waals surface area contributed by atoms with Gasteiger partial charge in [-0.2, -0.15) is 0 Å². The number of para-hydroxylation sites is 1. The van der Waals surface area contributed by atoms with Gasteiger partial charge in [0.2, 0.25) is 0 Å². The van der Waals surface area contributed by atoms with Gasteiger partial charge in [0.1, 0.15) is 11.5 Å². The zero-order valence-corrected chi connectivity index (χ0v) is 16.0. The lowest BCUT2D eigenvalue weighted by Gasteiger charge is -2.25. The van der Waals surface area contributed by atoms with E-state index in [0.717, 1.165) is 44.5 Å². The number of nitrogens with zero attached hydrogens (tertiary/aromatic N) is 1. The predicted octanol–water partition coefficient (Wildman–Crippen LogP) is 4.57. The van der Waals surface area contributed by atoms with Crippen LogP contribution in [0.15, 0.2) is 42.5 Å². The molecule has 5 nitrogen and oxygen atoms in total. The van der Waals surface area contributed by atoms with Crippen LogP contribution in [-0.2, 0) is 4.79 Å². The number of carbonyl (C=O) groups excluding carboxylic acids is 2. The summed E-state index contributed by atoms with van der Waals surface area (Å²) < 4.78 is 4.88. The fourth-order valence-corrected chi connectivity index (χ4v) is 2.93. The van der Waals surface area contributed by atoms with E-state index in [9.17, 15) is 14.7 Å². The number of ketones is 1. The summed E-state index contributed by atoms with van der Waals surface area (Å²) in [6.07, 6.45) is 4.33. The Kier molecular flexibility index (Phi) is 7.86. The maximum atomic E-state index is 12.8. The summed E-state index contributed by atoms with van der Waals surface area (Å²) in [5.74, 6) is -0.282. The van der Waals surface area contributed by atoms with Crippen LogP contribution < -0.4 is 9.64 Å².